The molecule has 1 atom stereocenters. The Morgan fingerprint density at radius 1 is 1.23 bits per heavy atom. The Labute approximate surface area is 225 Å². The van der Waals surface area contributed by atoms with Crippen LogP contribution in [0.25, 0.3) is 22.4 Å². The van der Waals surface area contributed by atoms with Crippen molar-refractivity contribution in [1.29, 1.82) is 0 Å². The maximum atomic E-state index is 14.1. The molecule has 0 spiro atoms. The maximum absolute atomic E-state index is 14.1. The van der Waals surface area contributed by atoms with Gasteiger partial charge in [-0.15, -0.1) is 8.78 Å². The summed E-state index contributed by atoms with van der Waals surface area (Å²) < 4.78 is 44.2. The number of nitrogen functional groups attached to an aromatic ring is 1. The number of ether oxygens (including phenoxy) is 1. The number of fused-ring (bicyclic) bond motifs is 3. The van der Waals surface area contributed by atoms with Gasteiger partial charge in [-0.05, 0) is 42.8 Å². The minimum atomic E-state index is -3.86. The molecule has 0 radical (unpaired) electrons. The topological polar surface area (TPSA) is 122 Å². The van der Waals surface area contributed by atoms with Crippen LogP contribution in [0.4, 0.5) is 30.5 Å². The number of carbonyl (C=O) groups is 1. The largest absolute Gasteiger partial charge is 0.487 e. The van der Waals surface area contributed by atoms with Crippen molar-refractivity contribution < 1.29 is 22.7 Å². The first-order valence-corrected chi connectivity index (χ1v) is 12.4. The van der Waals surface area contributed by atoms with Gasteiger partial charge >= 0.3 is 5.57 Å². The monoisotopic (exact) mass is 555 g/mol. The minimum absolute atomic E-state index is 0.0426. The number of hydrogen-bond donors (Lipinski definition) is 3. The van der Waals surface area contributed by atoms with Crippen molar-refractivity contribution in [2.45, 2.75) is 24.6 Å². The first-order chi connectivity index (χ1) is 18.6. The zero-order valence-corrected chi connectivity index (χ0v) is 21.0. The molecule has 1 amide bonds. The fourth-order valence-corrected chi connectivity index (χ4v) is 4.94. The lowest BCUT2D eigenvalue weighted by atomic mass is 10.0. The van der Waals surface area contributed by atoms with Gasteiger partial charge in [0.2, 0.25) is 0 Å². The molecule has 6 rings (SSSR count). The number of hydrogen-bond acceptors (Lipinski definition) is 7. The van der Waals surface area contributed by atoms with E-state index in [-0.39, 0.29) is 23.7 Å². The van der Waals surface area contributed by atoms with Crippen LogP contribution in [0.5, 0.6) is 5.75 Å². The van der Waals surface area contributed by atoms with Crippen LogP contribution in [-0.4, -0.2) is 50.9 Å². The molecule has 1 aliphatic carbocycles. The van der Waals surface area contributed by atoms with Gasteiger partial charge in [-0.25, -0.2) is 9.37 Å². The molecule has 0 unspecified atom stereocenters. The average molecular weight is 556 g/mol. The van der Waals surface area contributed by atoms with E-state index in [0.717, 1.165) is 22.5 Å². The normalized spacial score (nSPS) is 16.2. The van der Waals surface area contributed by atoms with E-state index in [1.165, 1.54) is 24.3 Å². The summed E-state index contributed by atoms with van der Waals surface area (Å²) in [6.45, 7) is 0.604. The van der Waals surface area contributed by atoms with Gasteiger partial charge in [0, 0.05) is 64.9 Å². The van der Waals surface area contributed by atoms with Gasteiger partial charge in [-0.1, -0.05) is 0 Å². The van der Waals surface area contributed by atoms with Crippen LogP contribution in [0.1, 0.15) is 28.0 Å². The van der Waals surface area contributed by atoms with Crippen molar-refractivity contribution >= 4 is 34.8 Å². The predicted octanol–water partition coefficient (Wildman–Crippen LogP) is 4.99. The number of H-pyrrole nitrogens is 1. The number of amides is 1. The van der Waals surface area contributed by atoms with Crippen molar-refractivity contribution in [1.82, 2.24) is 20.2 Å². The first-order valence-electron chi connectivity index (χ1n) is 12.0. The molecule has 4 heterocycles. The van der Waals surface area contributed by atoms with E-state index in [9.17, 15) is 18.0 Å². The molecule has 4 N–H and O–H groups in total. The Bertz CT molecular complexity index is 1570. The van der Waals surface area contributed by atoms with Crippen LogP contribution in [0.15, 0.2) is 48.8 Å². The zero-order valence-electron chi connectivity index (χ0n) is 20.2. The lowest BCUT2D eigenvalue weighted by molar-refractivity contribution is -0.0964. The number of benzene rings is 1. The van der Waals surface area contributed by atoms with Gasteiger partial charge in [0.25, 0.3) is 5.91 Å². The van der Waals surface area contributed by atoms with Gasteiger partial charge < -0.3 is 20.7 Å². The molecule has 1 aromatic carbocycles. The highest BCUT2D eigenvalue weighted by atomic mass is 35.5. The molecular formula is C26H21ClF3N7O2. The van der Waals surface area contributed by atoms with Gasteiger partial charge in [0.1, 0.15) is 23.6 Å². The van der Waals surface area contributed by atoms with Crippen molar-refractivity contribution in [3.8, 4) is 28.1 Å². The van der Waals surface area contributed by atoms with Crippen LogP contribution >= 0.6 is 11.6 Å². The third kappa shape index (κ3) is 4.94. The van der Waals surface area contributed by atoms with E-state index in [2.05, 4.69) is 30.2 Å². The van der Waals surface area contributed by atoms with Crippen molar-refractivity contribution in [2.24, 2.45) is 0 Å². The van der Waals surface area contributed by atoms with Gasteiger partial charge in [-0.3, -0.25) is 14.9 Å². The molecule has 9 nitrogen and oxygen atoms in total. The third-order valence-electron chi connectivity index (χ3n) is 6.67. The summed E-state index contributed by atoms with van der Waals surface area (Å²) in [5.41, 5.74) is 7.59. The smallest absolute Gasteiger partial charge is 0.420 e. The highest BCUT2D eigenvalue weighted by Gasteiger charge is 2.30. The second kappa shape index (κ2) is 9.45. The van der Waals surface area contributed by atoms with Crippen LogP contribution in [0.3, 0.4) is 0 Å². The molecule has 3 aromatic heterocycles. The summed E-state index contributed by atoms with van der Waals surface area (Å²) in [4.78, 5) is 24.2. The number of rotatable bonds is 6. The van der Waals surface area contributed by atoms with Gasteiger partial charge in [0.05, 0.1) is 23.5 Å². The Kier molecular flexibility index (Phi) is 6.06. The first kappa shape index (κ1) is 25.0. The Balaban J connectivity index is 1.35. The highest BCUT2D eigenvalue weighted by Crippen LogP contribution is 2.39. The van der Waals surface area contributed by atoms with Crippen LogP contribution in [0, 0.1) is 0 Å². The summed E-state index contributed by atoms with van der Waals surface area (Å²) >= 11 is 4.79. The summed E-state index contributed by atoms with van der Waals surface area (Å²) in [6.07, 6.45) is 3.54. The standard InChI is InChI=1S/C26H21ClF3N7O2/c27-26(29,30)39-17-3-1-16(2-4-17)34-25(38)20-9-18(24(35-23(20)31)37-6-5-15(28)12-37)13-7-19-21(32-10-13)8-14-11-33-36-22(14)19/h1-4,7,9-11,15H,5-6,8,12H2,(H2,31,35)(H,33,36)(H,34,38)/t15-/m1/s1. The number of halogens is 4. The summed E-state index contributed by atoms with van der Waals surface area (Å²) in [6, 6.07) is 8.78. The number of pyridine rings is 2. The molecule has 13 heteroatoms. The van der Waals surface area contributed by atoms with E-state index in [4.69, 9.17) is 17.3 Å². The third-order valence-corrected chi connectivity index (χ3v) is 6.74. The predicted molar refractivity (Wildman–Crippen MR) is 140 cm³/mol. The Morgan fingerprint density at radius 2 is 2.03 bits per heavy atom. The van der Waals surface area contributed by atoms with Crippen molar-refractivity contribution in [3.05, 3.63) is 65.6 Å². The number of aromatic amines is 1. The summed E-state index contributed by atoms with van der Waals surface area (Å²) in [5, 5.41) is 9.88. The molecule has 39 heavy (non-hydrogen) atoms. The summed E-state index contributed by atoms with van der Waals surface area (Å²) in [5.74, 6) is -0.340. The van der Waals surface area contributed by atoms with Crippen LogP contribution in [0.2, 0.25) is 0 Å². The van der Waals surface area contributed by atoms with Gasteiger partial charge in [-0.2, -0.15) is 5.10 Å². The number of nitrogens with zero attached hydrogens (tertiary/aromatic N) is 4. The van der Waals surface area contributed by atoms with E-state index in [1.807, 2.05) is 12.3 Å². The maximum Gasteiger partial charge on any atom is 0.487 e. The molecule has 1 saturated heterocycles. The minimum Gasteiger partial charge on any atom is -0.420 e. The summed E-state index contributed by atoms with van der Waals surface area (Å²) in [7, 11) is 0. The second-order valence-electron chi connectivity index (χ2n) is 9.30. The van der Waals surface area contributed by atoms with Crippen molar-refractivity contribution in [3.63, 3.8) is 0 Å². The van der Waals surface area contributed by atoms with E-state index >= 15 is 0 Å². The molecule has 2 aliphatic rings. The quantitative estimate of drug-likeness (QED) is 0.252. The zero-order chi connectivity index (χ0) is 27.3. The van der Waals surface area contributed by atoms with Crippen LogP contribution < -0.4 is 20.7 Å². The van der Waals surface area contributed by atoms with Crippen LogP contribution in [-0.2, 0) is 6.42 Å². The molecule has 0 bridgehead atoms. The van der Waals surface area contributed by atoms with Gasteiger partial charge in [0.15, 0.2) is 0 Å². The Hall–Kier alpha value is -4.32. The molecule has 1 aliphatic heterocycles. The highest BCUT2D eigenvalue weighted by molar-refractivity contribution is 6.20. The van der Waals surface area contributed by atoms with Crippen molar-refractivity contribution in [2.75, 3.05) is 29.0 Å². The number of alkyl halides is 4. The lowest BCUT2D eigenvalue weighted by Crippen LogP contribution is -2.24. The number of carbonyl (C=O) groups excluding carboxylic acids is 1. The van der Waals surface area contributed by atoms with E-state index in [0.29, 0.717) is 42.0 Å². The van der Waals surface area contributed by atoms with E-state index in [1.54, 1.807) is 17.2 Å². The van der Waals surface area contributed by atoms with E-state index < -0.39 is 17.6 Å². The molecule has 200 valence electrons. The fourth-order valence-electron chi connectivity index (χ4n) is 4.85. The molecular weight excluding hydrogens is 535 g/mol. The lowest BCUT2D eigenvalue weighted by Gasteiger charge is -2.22. The molecule has 1 fully saturated rings. The fraction of sp³-hybridized carbons (Fsp3) is 0.231. The molecule has 0 saturated carbocycles. The SMILES string of the molecule is Nc1nc(N2CC[C@@H](F)C2)c(-c2cnc3c(c2)-c2n[nH]cc2C3)cc1C(=O)Nc1ccc(OC(F)(F)Cl)cc1. The number of aromatic nitrogens is 4. The number of nitrogens with two attached hydrogens (primary N) is 1. The number of anilines is 3. The average Bonchev–Trinajstić information content (AvgIpc) is 3.60. The molecule has 4 aromatic rings. The number of nitrogens with one attached hydrogen (secondary N) is 2. The Morgan fingerprint density at radius 3 is 2.74 bits per heavy atom. The second-order valence-corrected chi connectivity index (χ2v) is 9.74.